The fourth-order valence-corrected chi connectivity index (χ4v) is 7.92. The number of likely N-dealkylation sites (tertiary alicyclic amines) is 1. The minimum absolute atomic E-state index is 0.00179. The molecule has 2 aliphatic heterocycles. The highest BCUT2D eigenvalue weighted by Gasteiger charge is 2.50. The van der Waals surface area contributed by atoms with Crippen LogP contribution in [0, 0.1) is 10.8 Å². The zero-order valence-corrected chi connectivity index (χ0v) is 26.9. The van der Waals surface area contributed by atoms with Crippen LogP contribution in [0.1, 0.15) is 108 Å². The molecule has 5 atom stereocenters. The van der Waals surface area contributed by atoms with Crippen molar-refractivity contribution in [3.63, 3.8) is 0 Å². The van der Waals surface area contributed by atoms with E-state index in [1.165, 1.54) is 26.2 Å². The Hall–Kier alpha value is -2.78. The molecule has 2 bridgehead atoms. The number of benzene rings is 2. The summed E-state index contributed by atoms with van der Waals surface area (Å²) in [5.41, 5.74) is 4.29. The standard InChI is InChI=1S/C36H51N3O5/c1-25(41)37-16-7-5-6-11-33(42)38-29-10-8-9-28(17-29)34-43-31(18-32(44-34)27-14-12-26(22-40)13-15-27)21-39-24-36(4)20-30(39)19-35(2,3)23-36/h8-10,12-15,17,30-32,34,40H,5-7,11,16,18-24H2,1-4H3,(H,37,41)(H,38,42)/t30?,31-,32+,34+,36?/m0/s1. The van der Waals surface area contributed by atoms with Gasteiger partial charge in [0.05, 0.1) is 18.8 Å². The maximum Gasteiger partial charge on any atom is 0.224 e. The minimum atomic E-state index is -0.559. The van der Waals surface area contributed by atoms with Crippen LogP contribution < -0.4 is 10.6 Å². The van der Waals surface area contributed by atoms with E-state index in [4.69, 9.17) is 9.47 Å². The molecule has 2 amide bonds. The number of hydrogen-bond acceptors (Lipinski definition) is 6. The zero-order chi connectivity index (χ0) is 31.3. The Morgan fingerprint density at radius 3 is 2.55 bits per heavy atom. The van der Waals surface area contributed by atoms with Gasteiger partial charge in [-0.25, -0.2) is 0 Å². The second-order valence-corrected chi connectivity index (χ2v) is 14.5. The topological polar surface area (TPSA) is 100 Å². The summed E-state index contributed by atoms with van der Waals surface area (Å²) in [7, 11) is 0. The molecular weight excluding hydrogens is 554 g/mol. The lowest BCUT2D eigenvalue weighted by Crippen LogP contribution is -2.42. The van der Waals surface area contributed by atoms with Crippen molar-refractivity contribution in [3.05, 3.63) is 65.2 Å². The average molecular weight is 606 g/mol. The largest absolute Gasteiger partial charge is 0.392 e. The molecule has 240 valence electrons. The van der Waals surface area contributed by atoms with Gasteiger partial charge in [0, 0.05) is 56.7 Å². The summed E-state index contributed by atoms with van der Waals surface area (Å²) in [6.45, 7) is 11.4. The van der Waals surface area contributed by atoms with Crippen LogP contribution >= 0.6 is 0 Å². The highest BCUT2D eigenvalue weighted by atomic mass is 16.7. The van der Waals surface area contributed by atoms with E-state index in [0.717, 1.165) is 61.2 Å². The molecule has 0 spiro atoms. The SMILES string of the molecule is CC(=O)NCCCCCC(=O)Nc1cccc([C@@H]2O[C@H](CN3CC4(C)CC3CC(C)(C)C4)C[C@H](c3ccc(CO)cc3)O2)c1. The van der Waals surface area contributed by atoms with Gasteiger partial charge in [-0.3, -0.25) is 14.5 Å². The normalized spacial score (nSPS) is 28.0. The van der Waals surface area contributed by atoms with Gasteiger partial charge >= 0.3 is 0 Å². The van der Waals surface area contributed by atoms with E-state index in [2.05, 4.69) is 48.4 Å². The lowest BCUT2D eigenvalue weighted by Gasteiger charge is -2.41. The summed E-state index contributed by atoms with van der Waals surface area (Å²) >= 11 is 0. The number of hydrogen-bond donors (Lipinski definition) is 3. The van der Waals surface area contributed by atoms with Gasteiger partial charge in [0.2, 0.25) is 11.8 Å². The average Bonchev–Trinajstić information content (AvgIpc) is 3.21. The number of nitrogens with one attached hydrogen (secondary N) is 2. The van der Waals surface area contributed by atoms with Gasteiger partial charge in [-0.15, -0.1) is 0 Å². The molecule has 3 N–H and O–H groups in total. The van der Waals surface area contributed by atoms with Gasteiger partial charge in [0.15, 0.2) is 6.29 Å². The third kappa shape index (κ3) is 8.68. The zero-order valence-electron chi connectivity index (χ0n) is 26.9. The molecule has 2 saturated heterocycles. The number of aliphatic hydroxyl groups excluding tert-OH is 1. The first-order valence-corrected chi connectivity index (χ1v) is 16.4. The molecule has 0 radical (unpaired) electrons. The van der Waals surface area contributed by atoms with Crippen LogP contribution in [0.15, 0.2) is 48.5 Å². The fraction of sp³-hybridized carbons (Fsp3) is 0.611. The fourth-order valence-electron chi connectivity index (χ4n) is 7.92. The van der Waals surface area contributed by atoms with Crippen molar-refractivity contribution in [2.24, 2.45) is 10.8 Å². The Kier molecular flexibility index (Phi) is 10.5. The number of unbranched alkanes of at least 4 members (excludes halogenated alkanes) is 2. The maximum atomic E-state index is 12.7. The summed E-state index contributed by atoms with van der Waals surface area (Å²) in [4.78, 5) is 26.3. The Balaban J connectivity index is 1.26. The van der Waals surface area contributed by atoms with E-state index in [-0.39, 0.29) is 30.6 Å². The third-order valence-corrected chi connectivity index (χ3v) is 9.47. The number of anilines is 1. The number of rotatable bonds is 12. The second-order valence-electron chi connectivity index (χ2n) is 14.5. The van der Waals surface area contributed by atoms with Gasteiger partial charge in [-0.2, -0.15) is 0 Å². The predicted molar refractivity (Wildman–Crippen MR) is 172 cm³/mol. The Morgan fingerprint density at radius 2 is 1.80 bits per heavy atom. The summed E-state index contributed by atoms with van der Waals surface area (Å²) in [6.07, 6.45) is 6.74. The molecule has 2 aromatic rings. The number of amides is 2. The molecule has 0 aromatic heterocycles. The highest BCUT2D eigenvalue weighted by Crippen LogP contribution is 2.53. The van der Waals surface area contributed by atoms with E-state index in [9.17, 15) is 14.7 Å². The predicted octanol–water partition coefficient (Wildman–Crippen LogP) is 6.26. The van der Waals surface area contributed by atoms with Crippen LogP contribution in [0.3, 0.4) is 0 Å². The van der Waals surface area contributed by atoms with E-state index in [1.807, 2.05) is 36.4 Å². The molecule has 1 aliphatic carbocycles. The number of nitrogens with zero attached hydrogens (tertiary/aromatic N) is 1. The van der Waals surface area contributed by atoms with Crippen molar-refractivity contribution in [2.45, 2.75) is 110 Å². The van der Waals surface area contributed by atoms with Crippen LogP contribution in [0.4, 0.5) is 5.69 Å². The minimum Gasteiger partial charge on any atom is -0.392 e. The molecule has 2 heterocycles. The van der Waals surface area contributed by atoms with Crippen molar-refractivity contribution < 1.29 is 24.2 Å². The van der Waals surface area contributed by atoms with Gasteiger partial charge in [0.25, 0.3) is 0 Å². The Labute approximate surface area is 262 Å². The summed E-state index contributed by atoms with van der Waals surface area (Å²) < 4.78 is 13.3. The lowest BCUT2D eigenvalue weighted by molar-refractivity contribution is -0.253. The molecule has 1 saturated carbocycles. The first-order valence-electron chi connectivity index (χ1n) is 16.4. The van der Waals surface area contributed by atoms with Crippen LogP contribution in [-0.2, 0) is 25.7 Å². The molecule has 5 rings (SSSR count). The van der Waals surface area contributed by atoms with Crippen LogP contribution in [0.2, 0.25) is 0 Å². The molecular formula is C36H51N3O5. The van der Waals surface area contributed by atoms with E-state index in [0.29, 0.717) is 29.8 Å². The van der Waals surface area contributed by atoms with Crippen molar-refractivity contribution in [2.75, 3.05) is 25.0 Å². The smallest absolute Gasteiger partial charge is 0.224 e. The van der Waals surface area contributed by atoms with E-state index in [1.54, 1.807) is 0 Å². The summed E-state index contributed by atoms with van der Waals surface area (Å²) in [6, 6.07) is 16.4. The first kappa shape index (κ1) is 32.6. The quantitative estimate of drug-likeness (QED) is 0.247. The second kappa shape index (κ2) is 14.1. The molecule has 3 fully saturated rings. The number of aliphatic hydroxyl groups is 1. The highest BCUT2D eigenvalue weighted by molar-refractivity contribution is 5.90. The molecule has 8 heteroatoms. The third-order valence-electron chi connectivity index (χ3n) is 9.47. The van der Waals surface area contributed by atoms with Crippen LogP contribution in [0.5, 0.6) is 0 Å². The van der Waals surface area contributed by atoms with Gasteiger partial charge in [-0.05, 0) is 66.2 Å². The van der Waals surface area contributed by atoms with E-state index >= 15 is 0 Å². The maximum absolute atomic E-state index is 12.7. The first-order chi connectivity index (χ1) is 21.0. The lowest BCUT2D eigenvalue weighted by atomic mass is 9.65. The van der Waals surface area contributed by atoms with Crippen LogP contribution in [-0.4, -0.2) is 53.6 Å². The summed E-state index contributed by atoms with van der Waals surface area (Å²) in [5, 5.41) is 15.4. The molecule has 2 unspecified atom stereocenters. The van der Waals surface area contributed by atoms with Gasteiger partial charge < -0.3 is 25.2 Å². The molecule has 8 nitrogen and oxygen atoms in total. The van der Waals surface area contributed by atoms with Crippen molar-refractivity contribution >= 4 is 17.5 Å². The molecule has 2 aromatic carbocycles. The van der Waals surface area contributed by atoms with Crippen molar-refractivity contribution in [3.8, 4) is 0 Å². The monoisotopic (exact) mass is 605 g/mol. The van der Waals surface area contributed by atoms with Gasteiger partial charge in [0.1, 0.15) is 0 Å². The van der Waals surface area contributed by atoms with E-state index < -0.39 is 6.29 Å². The van der Waals surface area contributed by atoms with Crippen molar-refractivity contribution in [1.82, 2.24) is 10.2 Å². The number of carbonyl (C=O) groups excluding carboxylic acids is 2. The number of ether oxygens (including phenoxy) is 2. The number of carbonyl (C=O) groups is 2. The Bertz CT molecular complexity index is 1280. The molecule has 3 aliphatic rings. The molecule has 44 heavy (non-hydrogen) atoms. The van der Waals surface area contributed by atoms with Crippen molar-refractivity contribution in [1.29, 1.82) is 0 Å². The Morgan fingerprint density at radius 1 is 1.00 bits per heavy atom. The number of fused-ring (bicyclic) bond motifs is 2. The van der Waals surface area contributed by atoms with Crippen LogP contribution in [0.25, 0.3) is 0 Å². The summed E-state index contributed by atoms with van der Waals surface area (Å²) in [5.74, 6) is -0.0499. The van der Waals surface area contributed by atoms with Gasteiger partial charge in [-0.1, -0.05) is 63.6 Å².